The van der Waals surface area contributed by atoms with Gasteiger partial charge in [0.2, 0.25) is 0 Å². The third kappa shape index (κ3) is 3.16. The number of rotatable bonds is 3. The van der Waals surface area contributed by atoms with Gasteiger partial charge in [-0.15, -0.1) is 0 Å². The standard InChI is InChI=1S/C16H17F2N3O2/c1-20-15(23)7-10-8-21(6-5-13(10)19-20)9-14(22)16-11(17)3-2-4-12(16)18/h2-4,7,14,22H,5-6,8-9H2,1H3. The van der Waals surface area contributed by atoms with Crippen LogP contribution < -0.4 is 5.56 Å². The molecule has 2 heterocycles. The third-order valence-electron chi connectivity index (χ3n) is 4.08. The maximum Gasteiger partial charge on any atom is 0.266 e. The van der Waals surface area contributed by atoms with Gasteiger partial charge < -0.3 is 5.11 Å². The number of aliphatic hydroxyl groups is 1. The summed E-state index contributed by atoms with van der Waals surface area (Å²) >= 11 is 0. The summed E-state index contributed by atoms with van der Waals surface area (Å²) in [6.07, 6.45) is -0.645. The fourth-order valence-corrected chi connectivity index (χ4v) is 2.87. The maximum atomic E-state index is 13.7. The van der Waals surface area contributed by atoms with Crippen LogP contribution in [0, 0.1) is 11.6 Å². The summed E-state index contributed by atoms with van der Waals surface area (Å²) in [4.78, 5) is 13.5. The third-order valence-corrected chi connectivity index (χ3v) is 4.08. The lowest BCUT2D eigenvalue weighted by atomic mass is 10.0. The molecule has 1 atom stereocenters. The van der Waals surface area contributed by atoms with Crippen LogP contribution in [0.1, 0.15) is 22.9 Å². The first-order chi connectivity index (χ1) is 11.0. The highest BCUT2D eigenvalue weighted by Crippen LogP contribution is 2.23. The smallest absolute Gasteiger partial charge is 0.266 e. The molecule has 1 unspecified atom stereocenters. The summed E-state index contributed by atoms with van der Waals surface area (Å²) in [5.41, 5.74) is 1.11. The summed E-state index contributed by atoms with van der Waals surface area (Å²) in [7, 11) is 1.60. The van der Waals surface area contributed by atoms with Gasteiger partial charge in [-0.05, 0) is 17.7 Å². The van der Waals surface area contributed by atoms with E-state index in [1.165, 1.54) is 16.8 Å². The largest absolute Gasteiger partial charge is 0.387 e. The highest BCUT2D eigenvalue weighted by Gasteiger charge is 2.24. The van der Waals surface area contributed by atoms with Crippen molar-refractivity contribution < 1.29 is 13.9 Å². The first kappa shape index (κ1) is 15.8. The van der Waals surface area contributed by atoms with Crippen molar-refractivity contribution in [3.8, 4) is 0 Å². The fraction of sp³-hybridized carbons (Fsp3) is 0.375. The lowest BCUT2D eigenvalue weighted by molar-refractivity contribution is 0.0991. The molecule has 3 rings (SSSR count). The molecule has 5 nitrogen and oxygen atoms in total. The van der Waals surface area contributed by atoms with Crippen molar-refractivity contribution in [3.05, 3.63) is 63.1 Å². The SMILES string of the molecule is Cn1nc2c(cc1=O)CN(CC(O)c1c(F)cccc1F)CC2. The molecule has 0 radical (unpaired) electrons. The van der Waals surface area contributed by atoms with Gasteiger partial charge in [0.05, 0.1) is 17.4 Å². The van der Waals surface area contributed by atoms with Crippen molar-refractivity contribution in [2.45, 2.75) is 19.1 Å². The van der Waals surface area contributed by atoms with Crippen molar-refractivity contribution in [3.63, 3.8) is 0 Å². The van der Waals surface area contributed by atoms with Gasteiger partial charge in [-0.25, -0.2) is 13.5 Å². The minimum absolute atomic E-state index is 0.0898. The number of halogens is 2. The molecule has 23 heavy (non-hydrogen) atoms. The van der Waals surface area contributed by atoms with E-state index in [0.29, 0.717) is 19.5 Å². The lowest BCUT2D eigenvalue weighted by Gasteiger charge is -2.30. The number of aromatic nitrogens is 2. The van der Waals surface area contributed by atoms with Gasteiger partial charge in [0.25, 0.3) is 5.56 Å². The first-order valence-corrected chi connectivity index (χ1v) is 7.36. The van der Waals surface area contributed by atoms with E-state index in [2.05, 4.69) is 5.10 Å². The Labute approximate surface area is 131 Å². The number of fused-ring (bicyclic) bond motifs is 1. The highest BCUT2D eigenvalue weighted by molar-refractivity contribution is 5.23. The van der Waals surface area contributed by atoms with Crippen LogP contribution in [0.5, 0.6) is 0 Å². The Morgan fingerprint density at radius 3 is 2.74 bits per heavy atom. The van der Waals surface area contributed by atoms with Gasteiger partial charge in [0.1, 0.15) is 11.6 Å². The van der Waals surface area contributed by atoms with Crippen molar-refractivity contribution in [2.75, 3.05) is 13.1 Å². The van der Waals surface area contributed by atoms with E-state index in [-0.39, 0.29) is 17.7 Å². The number of hydrogen-bond donors (Lipinski definition) is 1. The molecule has 0 amide bonds. The molecule has 7 heteroatoms. The quantitative estimate of drug-likeness (QED) is 0.921. The van der Waals surface area contributed by atoms with Gasteiger partial charge in [-0.3, -0.25) is 9.69 Å². The molecule has 0 bridgehead atoms. The Morgan fingerprint density at radius 2 is 2.04 bits per heavy atom. The number of aryl methyl sites for hydroxylation is 1. The minimum atomic E-state index is -1.27. The van der Waals surface area contributed by atoms with Crippen LogP contribution in [-0.4, -0.2) is 32.9 Å². The van der Waals surface area contributed by atoms with Gasteiger partial charge in [-0.2, -0.15) is 5.10 Å². The van der Waals surface area contributed by atoms with Crippen LogP contribution in [0.3, 0.4) is 0 Å². The van der Waals surface area contributed by atoms with Crippen LogP contribution in [-0.2, 0) is 20.0 Å². The molecule has 0 fully saturated rings. The molecule has 0 aliphatic carbocycles. The normalized spacial score (nSPS) is 16.2. The number of aliphatic hydroxyl groups excluding tert-OH is 1. The molecule has 0 saturated heterocycles. The Hall–Kier alpha value is -2.12. The van der Waals surface area contributed by atoms with E-state index >= 15 is 0 Å². The van der Waals surface area contributed by atoms with Crippen molar-refractivity contribution >= 4 is 0 Å². The Kier molecular flexibility index (Phi) is 4.23. The molecule has 0 saturated carbocycles. The van der Waals surface area contributed by atoms with E-state index in [1.54, 1.807) is 7.05 Å². The zero-order chi connectivity index (χ0) is 16.6. The van der Waals surface area contributed by atoms with Gasteiger partial charge in [0.15, 0.2) is 0 Å². The van der Waals surface area contributed by atoms with Crippen LogP contribution in [0.4, 0.5) is 8.78 Å². The van der Waals surface area contributed by atoms with Crippen molar-refractivity contribution in [1.29, 1.82) is 0 Å². The van der Waals surface area contributed by atoms with Crippen molar-refractivity contribution in [1.82, 2.24) is 14.7 Å². The second-order valence-corrected chi connectivity index (χ2v) is 5.71. The van der Waals surface area contributed by atoms with Crippen LogP contribution in [0.25, 0.3) is 0 Å². The molecule has 1 aromatic carbocycles. The first-order valence-electron chi connectivity index (χ1n) is 7.36. The van der Waals surface area contributed by atoms with E-state index in [1.807, 2.05) is 4.90 Å². The molecule has 1 N–H and O–H groups in total. The van der Waals surface area contributed by atoms with E-state index in [4.69, 9.17) is 0 Å². The highest BCUT2D eigenvalue weighted by atomic mass is 19.1. The average Bonchev–Trinajstić information content (AvgIpc) is 2.48. The van der Waals surface area contributed by atoms with Crippen LogP contribution >= 0.6 is 0 Å². The summed E-state index contributed by atoms with van der Waals surface area (Å²) < 4.78 is 28.7. The molecular formula is C16H17F2N3O2. The average molecular weight is 321 g/mol. The maximum absolute atomic E-state index is 13.7. The van der Waals surface area contributed by atoms with Gasteiger partial charge in [0, 0.05) is 39.2 Å². The van der Waals surface area contributed by atoms with Gasteiger partial charge in [-0.1, -0.05) is 6.07 Å². The summed E-state index contributed by atoms with van der Waals surface area (Å²) in [5.74, 6) is -1.52. The predicted octanol–water partition coefficient (Wildman–Crippen LogP) is 1.15. The lowest BCUT2D eigenvalue weighted by Crippen LogP contribution is -2.37. The number of β-amino-alcohol motifs (C(OH)–C–C–N with tert-alkyl or cyclic N) is 1. The van der Waals surface area contributed by atoms with E-state index in [9.17, 15) is 18.7 Å². The zero-order valence-corrected chi connectivity index (χ0v) is 12.7. The molecule has 0 spiro atoms. The monoisotopic (exact) mass is 321 g/mol. The number of hydrogen-bond acceptors (Lipinski definition) is 4. The number of nitrogens with zero attached hydrogens (tertiary/aromatic N) is 3. The summed E-state index contributed by atoms with van der Waals surface area (Å²) in [5, 5.41) is 14.4. The topological polar surface area (TPSA) is 58.4 Å². The second kappa shape index (κ2) is 6.17. The van der Waals surface area contributed by atoms with Gasteiger partial charge >= 0.3 is 0 Å². The number of benzene rings is 1. The van der Waals surface area contributed by atoms with E-state index in [0.717, 1.165) is 23.4 Å². The Balaban J connectivity index is 1.77. The molecule has 2 aromatic rings. The summed E-state index contributed by atoms with van der Waals surface area (Å²) in [6, 6.07) is 5.03. The van der Waals surface area contributed by atoms with Crippen molar-refractivity contribution in [2.24, 2.45) is 7.05 Å². The second-order valence-electron chi connectivity index (χ2n) is 5.71. The molecule has 1 aromatic heterocycles. The summed E-state index contributed by atoms with van der Waals surface area (Å²) in [6.45, 7) is 1.11. The zero-order valence-electron chi connectivity index (χ0n) is 12.7. The Morgan fingerprint density at radius 1 is 1.35 bits per heavy atom. The molecule has 1 aliphatic heterocycles. The van der Waals surface area contributed by atoms with Crippen LogP contribution in [0.15, 0.2) is 29.1 Å². The van der Waals surface area contributed by atoms with Crippen LogP contribution in [0.2, 0.25) is 0 Å². The fourth-order valence-electron chi connectivity index (χ4n) is 2.87. The molecule has 1 aliphatic rings. The predicted molar refractivity (Wildman–Crippen MR) is 79.8 cm³/mol. The Bertz CT molecular complexity index is 771. The molecule has 122 valence electrons. The minimum Gasteiger partial charge on any atom is -0.387 e. The van der Waals surface area contributed by atoms with E-state index < -0.39 is 17.7 Å². The molecular weight excluding hydrogens is 304 g/mol.